The highest BCUT2D eigenvalue weighted by molar-refractivity contribution is 6.18. The Kier molecular flexibility index (Phi) is 4.73. The largest absolute Gasteiger partial charge is 0.435 e. The van der Waals surface area contributed by atoms with Crippen LogP contribution >= 0.6 is 11.6 Å². The van der Waals surface area contributed by atoms with Gasteiger partial charge in [0, 0.05) is 17.8 Å². The molecule has 1 aromatic rings. The monoisotopic (exact) mass is 307 g/mol. The molecule has 0 radical (unpaired) electrons. The molecule has 1 saturated carbocycles. The molecule has 0 atom stereocenters. The van der Waals surface area contributed by atoms with E-state index in [4.69, 9.17) is 11.6 Å². The number of rotatable bonds is 4. The Labute approximate surface area is 120 Å². The molecule has 2 rings (SSSR count). The molecule has 0 aliphatic heterocycles. The summed E-state index contributed by atoms with van der Waals surface area (Å²) in [6.45, 7) is 0.622. The summed E-state index contributed by atoms with van der Waals surface area (Å²) in [5.74, 6) is 0.904. The number of hydrogen-bond acceptors (Lipinski definition) is 3. The second kappa shape index (κ2) is 6.16. The van der Waals surface area contributed by atoms with E-state index in [1.807, 2.05) is 0 Å². The summed E-state index contributed by atoms with van der Waals surface area (Å²) in [4.78, 5) is 0. The van der Waals surface area contributed by atoms with E-state index in [2.05, 4.69) is 15.5 Å². The molecular weight excluding hydrogens is 291 g/mol. The van der Waals surface area contributed by atoms with Crippen molar-refractivity contribution < 1.29 is 13.2 Å². The average molecular weight is 308 g/mol. The predicted molar refractivity (Wildman–Crippen MR) is 71.8 cm³/mol. The van der Waals surface area contributed by atoms with Gasteiger partial charge in [0.15, 0.2) is 5.69 Å². The van der Waals surface area contributed by atoms with Crippen LogP contribution in [0.2, 0.25) is 0 Å². The van der Waals surface area contributed by atoms with Crippen molar-refractivity contribution in [1.29, 1.82) is 0 Å². The molecule has 3 nitrogen and oxygen atoms in total. The van der Waals surface area contributed by atoms with Crippen LogP contribution in [0.1, 0.15) is 37.8 Å². The standard InChI is InChI=1S/C13H17ClF3N3/c14-8-12(6-2-1-3-7-12)9-18-11-5-4-10(19-20-11)13(15,16)17/h4-5H,1-3,6-9H2,(H,18,20). The second-order valence-corrected chi connectivity index (χ2v) is 5.62. The summed E-state index contributed by atoms with van der Waals surface area (Å²) >= 11 is 6.06. The smallest absolute Gasteiger partial charge is 0.368 e. The maximum Gasteiger partial charge on any atom is 0.435 e. The Balaban J connectivity index is 1.96. The summed E-state index contributed by atoms with van der Waals surface area (Å²) in [5, 5.41) is 9.82. The molecule has 7 heteroatoms. The lowest BCUT2D eigenvalue weighted by Gasteiger charge is -2.35. The summed E-state index contributed by atoms with van der Waals surface area (Å²) in [7, 11) is 0. The zero-order valence-corrected chi connectivity index (χ0v) is 11.8. The van der Waals surface area contributed by atoms with E-state index in [0.717, 1.165) is 31.7 Å². The zero-order chi connectivity index (χ0) is 14.6. The van der Waals surface area contributed by atoms with E-state index in [9.17, 15) is 13.2 Å². The molecule has 0 unspecified atom stereocenters. The predicted octanol–water partition coefficient (Wildman–Crippen LogP) is 4.10. The molecule has 0 bridgehead atoms. The highest BCUT2D eigenvalue weighted by Crippen LogP contribution is 2.37. The molecular formula is C13H17ClF3N3. The van der Waals surface area contributed by atoms with Crippen molar-refractivity contribution in [2.45, 2.75) is 38.3 Å². The molecule has 0 aromatic carbocycles. The number of aromatic nitrogens is 2. The SMILES string of the molecule is FC(F)(F)c1ccc(NCC2(CCl)CCCCC2)nn1. The number of alkyl halides is 4. The Morgan fingerprint density at radius 2 is 1.85 bits per heavy atom. The van der Waals surface area contributed by atoms with E-state index in [1.165, 1.54) is 12.5 Å². The minimum absolute atomic E-state index is 0.0180. The number of halogens is 4. The van der Waals surface area contributed by atoms with Crippen LogP contribution in [0, 0.1) is 5.41 Å². The lowest BCUT2D eigenvalue weighted by Crippen LogP contribution is -2.34. The highest BCUT2D eigenvalue weighted by Gasteiger charge is 2.33. The minimum Gasteiger partial charge on any atom is -0.368 e. The number of nitrogens with zero attached hydrogens (tertiary/aromatic N) is 2. The van der Waals surface area contributed by atoms with Crippen molar-refractivity contribution in [2.75, 3.05) is 17.7 Å². The molecule has 1 aliphatic rings. The zero-order valence-electron chi connectivity index (χ0n) is 11.0. The molecule has 0 amide bonds. The van der Waals surface area contributed by atoms with Gasteiger partial charge in [-0.1, -0.05) is 19.3 Å². The van der Waals surface area contributed by atoms with E-state index >= 15 is 0 Å². The summed E-state index contributed by atoms with van der Waals surface area (Å²) < 4.78 is 37.1. The Bertz CT molecular complexity index is 427. The fourth-order valence-corrected chi connectivity index (χ4v) is 2.88. The molecule has 1 N–H and O–H groups in total. The van der Waals surface area contributed by atoms with Crippen LogP contribution in [0.4, 0.5) is 19.0 Å². The van der Waals surface area contributed by atoms with Gasteiger partial charge in [-0.05, 0) is 25.0 Å². The highest BCUT2D eigenvalue weighted by atomic mass is 35.5. The van der Waals surface area contributed by atoms with Crippen LogP contribution in [-0.4, -0.2) is 22.6 Å². The van der Waals surface area contributed by atoms with Crippen molar-refractivity contribution in [2.24, 2.45) is 5.41 Å². The first-order valence-electron chi connectivity index (χ1n) is 6.66. The lowest BCUT2D eigenvalue weighted by molar-refractivity contribution is -0.141. The van der Waals surface area contributed by atoms with Crippen molar-refractivity contribution in [3.8, 4) is 0 Å². The first kappa shape index (κ1) is 15.4. The summed E-state index contributed by atoms with van der Waals surface area (Å²) in [6, 6.07) is 2.24. The number of hydrogen-bond donors (Lipinski definition) is 1. The van der Waals surface area contributed by atoms with E-state index in [1.54, 1.807) is 0 Å². The van der Waals surface area contributed by atoms with Gasteiger partial charge < -0.3 is 5.32 Å². The fraction of sp³-hybridized carbons (Fsp3) is 0.692. The quantitative estimate of drug-likeness (QED) is 0.851. The van der Waals surface area contributed by atoms with E-state index < -0.39 is 11.9 Å². The molecule has 1 aliphatic carbocycles. The topological polar surface area (TPSA) is 37.8 Å². The van der Waals surface area contributed by atoms with Gasteiger partial charge in [-0.15, -0.1) is 21.8 Å². The van der Waals surface area contributed by atoms with Gasteiger partial charge in [0.05, 0.1) is 0 Å². The molecule has 1 heterocycles. The lowest BCUT2D eigenvalue weighted by atomic mass is 9.75. The molecule has 0 saturated heterocycles. The van der Waals surface area contributed by atoms with E-state index in [-0.39, 0.29) is 5.41 Å². The van der Waals surface area contributed by atoms with Gasteiger partial charge in [-0.3, -0.25) is 0 Å². The number of anilines is 1. The Hall–Kier alpha value is -1.04. The van der Waals surface area contributed by atoms with Gasteiger partial charge >= 0.3 is 6.18 Å². The van der Waals surface area contributed by atoms with Crippen molar-refractivity contribution in [3.63, 3.8) is 0 Å². The summed E-state index contributed by atoms with van der Waals surface area (Å²) in [6.07, 6.45) is 1.14. The third kappa shape index (κ3) is 3.75. The van der Waals surface area contributed by atoms with E-state index in [0.29, 0.717) is 18.2 Å². The molecule has 1 aromatic heterocycles. The van der Waals surface area contributed by atoms with Crippen molar-refractivity contribution in [1.82, 2.24) is 10.2 Å². The van der Waals surface area contributed by atoms with Crippen LogP contribution in [-0.2, 0) is 6.18 Å². The van der Waals surface area contributed by atoms with Gasteiger partial charge in [0.25, 0.3) is 0 Å². The van der Waals surface area contributed by atoms with Crippen LogP contribution in [0.3, 0.4) is 0 Å². The normalized spacial score (nSPS) is 18.8. The first-order valence-corrected chi connectivity index (χ1v) is 7.19. The number of nitrogens with one attached hydrogen (secondary N) is 1. The van der Waals surface area contributed by atoms with Crippen molar-refractivity contribution >= 4 is 17.4 Å². The van der Waals surface area contributed by atoms with Gasteiger partial charge in [-0.2, -0.15) is 13.2 Å². The molecule has 112 valence electrons. The second-order valence-electron chi connectivity index (χ2n) is 5.35. The third-order valence-corrected chi connectivity index (χ3v) is 4.36. The van der Waals surface area contributed by atoms with Gasteiger partial charge in [0.1, 0.15) is 5.82 Å². The van der Waals surface area contributed by atoms with Crippen LogP contribution in [0.15, 0.2) is 12.1 Å². The Morgan fingerprint density at radius 3 is 2.35 bits per heavy atom. The maximum absolute atomic E-state index is 12.4. The molecule has 0 spiro atoms. The van der Waals surface area contributed by atoms with Gasteiger partial charge in [-0.25, -0.2) is 0 Å². The minimum atomic E-state index is -4.45. The van der Waals surface area contributed by atoms with Crippen LogP contribution in [0.5, 0.6) is 0 Å². The third-order valence-electron chi connectivity index (χ3n) is 3.80. The Morgan fingerprint density at radius 1 is 1.15 bits per heavy atom. The van der Waals surface area contributed by atoms with Crippen LogP contribution in [0.25, 0.3) is 0 Å². The first-order chi connectivity index (χ1) is 9.45. The molecule has 20 heavy (non-hydrogen) atoms. The fourth-order valence-electron chi connectivity index (χ4n) is 2.52. The van der Waals surface area contributed by atoms with Crippen molar-refractivity contribution in [3.05, 3.63) is 17.8 Å². The average Bonchev–Trinajstić information content (AvgIpc) is 2.46. The maximum atomic E-state index is 12.4. The molecule has 1 fully saturated rings. The van der Waals surface area contributed by atoms with Crippen LogP contribution < -0.4 is 5.32 Å². The van der Waals surface area contributed by atoms with Gasteiger partial charge in [0.2, 0.25) is 0 Å². The summed E-state index contributed by atoms with van der Waals surface area (Å²) in [5.41, 5.74) is -0.961.